The van der Waals surface area contributed by atoms with E-state index in [1.54, 1.807) is 13.3 Å². The number of methoxy groups -OCH3 is 1. The van der Waals surface area contributed by atoms with Gasteiger partial charge < -0.3 is 14.5 Å². The van der Waals surface area contributed by atoms with Gasteiger partial charge in [0.15, 0.2) is 5.43 Å². The maximum absolute atomic E-state index is 12.2. The average molecular weight is 378 g/mol. The van der Waals surface area contributed by atoms with Crippen molar-refractivity contribution in [1.29, 1.82) is 0 Å². The van der Waals surface area contributed by atoms with E-state index in [2.05, 4.69) is 34.1 Å². The van der Waals surface area contributed by atoms with E-state index in [4.69, 9.17) is 9.47 Å². The molecule has 1 aliphatic heterocycles. The van der Waals surface area contributed by atoms with Gasteiger partial charge in [-0.15, -0.1) is 0 Å². The molecule has 2 aromatic carbocycles. The van der Waals surface area contributed by atoms with Crippen LogP contribution in [0.25, 0.3) is 10.8 Å². The Kier molecular flexibility index (Phi) is 5.20. The quantitative estimate of drug-likeness (QED) is 0.752. The zero-order valence-electron chi connectivity index (χ0n) is 16.6. The summed E-state index contributed by atoms with van der Waals surface area (Å²) < 4.78 is 11.4. The van der Waals surface area contributed by atoms with Crippen LogP contribution in [-0.2, 0) is 11.3 Å². The molecule has 1 fully saturated rings. The molecule has 1 saturated heterocycles. The van der Waals surface area contributed by atoms with Gasteiger partial charge in [0.25, 0.3) is 0 Å². The Balaban J connectivity index is 1.53. The van der Waals surface area contributed by atoms with Gasteiger partial charge in [-0.25, -0.2) is 0 Å². The standard InChI is InChI=1S/C23H26N2O3/c1-15-12-24-21(16(2)23(15)26)13-25-8-9-28-22(14-25)19-5-4-18-11-20(27-3)7-6-17(18)10-19/h4-7,10-12,22H,8-9,13-14H2,1-3H3,(H,24,26). The summed E-state index contributed by atoms with van der Waals surface area (Å²) >= 11 is 0. The average Bonchev–Trinajstić information content (AvgIpc) is 2.73. The fraction of sp³-hybridized carbons (Fsp3) is 0.348. The third-order valence-electron chi connectivity index (χ3n) is 5.59. The van der Waals surface area contributed by atoms with Crippen molar-refractivity contribution in [1.82, 2.24) is 9.88 Å². The molecule has 1 atom stereocenters. The Morgan fingerprint density at radius 2 is 1.96 bits per heavy atom. The lowest BCUT2D eigenvalue weighted by molar-refractivity contribution is -0.0332. The predicted molar refractivity (Wildman–Crippen MR) is 111 cm³/mol. The highest BCUT2D eigenvalue weighted by atomic mass is 16.5. The van der Waals surface area contributed by atoms with Gasteiger partial charge in [-0.05, 0) is 48.4 Å². The number of H-pyrrole nitrogens is 1. The van der Waals surface area contributed by atoms with E-state index in [9.17, 15) is 4.79 Å². The van der Waals surface area contributed by atoms with Gasteiger partial charge in [-0.3, -0.25) is 9.69 Å². The summed E-state index contributed by atoms with van der Waals surface area (Å²) in [5.74, 6) is 0.864. The molecule has 0 saturated carbocycles. The fourth-order valence-corrected chi connectivity index (χ4v) is 3.81. The van der Waals surface area contributed by atoms with Gasteiger partial charge in [-0.1, -0.05) is 18.2 Å². The van der Waals surface area contributed by atoms with Crippen molar-refractivity contribution >= 4 is 10.8 Å². The monoisotopic (exact) mass is 378 g/mol. The van der Waals surface area contributed by atoms with Crippen molar-refractivity contribution in [3.63, 3.8) is 0 Å². The molecule has 1 unspecified atom stereocenters. The number of ether oxygens (including phenoxy) is 2. The molecule has 4 rings (SSSR count). The van der Waals surface area contributed by atoms with Gasteiger partial charge in [0.05, 0.1) is 19.8 Å². The summed E-state index contributed by atoms with van der Waals surface area (Å²) in [6.07, 6.45) is 1.83. The van der Waals surface area contributed by atoms with Crippen LogP contribution in [0.2, 0.25) is 0 Å². The second-order valence-corrected chi connectivity index (χ2v) is 7.47. The second kappa shape index (κ2) is 7.78. The van der Waals surface area contributed by atoms with Crippen LogP contribution in [0.3, 0.4) is 0 Å². The highest BCUT2D eigenvalue weighted by molar-refractivity contribution is 5.84. The molecular formula is C23H26N2O3. The number of hydrogen-bond donors (Lipinski definition) is 1. The molecule has 0 bridgehead atoms. The topological polar surface area (TPSA) is 54.6 Å². The van der Waals surface area contributed by atoms with Crippen molar-refractivity contribution in [2.45, 2.75) is 26.5 Å². The number of aromatic amines is 1. The Labute approximate surface area is 164 Å². The maximum atomic E-state index is 12.2. The van der Waals surface area contributed by atoms with Crippen molar-refractivity contribution < 1.29 is 9.47 Å². The summed E-state index contributed by atoms with van der Waals surface area (Å²) in [5, 5.41) is 2.33. The molecule has 0 spiro atoms. The number of morpholine rings is 1. The van der Waals surface area contributed by atoms with E-state index in [0.29, 0.717) is 6.61 Å². The first kappa shape index (κ1) is 18.7. The minimum absolute atomic E-state index is 0.0257. The van der Waals surface area contributed by atoms with Gasteiger partial charge in [0.2, 0.25) is 0 Å². The van der Waals surface area contributed by atoms with Crippen LogP contribution in [0.5, 0.6) is 5.75 Å². The van der Waals surface area contributed by atoms with E-state index in [1.807, 2.05) is 26.0 Å². The molecule has 3 aromatic rings. The van der Waals surface area contributed by atoms with Gasteiger partial charge in [0, 0.05) is 42.7 Å². The Morgan fingerprint density at radius 1 is 1.18 bits per heavy atom. The molecule has 2 heterocycles. The first-order valence-electron chi connectivity index (χ1n) is 9.64. The number of hydrogen-bond acceptors (Lipinski definition) is 4. The zero-order valence-corrected chi connectivity index (χ0v) is 16.6. The van der Waals surface area contributed by atoms with Gasteiger partial charge in [-0.2, -0.15) is 0 Å². The third-order valence-corrected chi connectivity index (χ3v) is 5.59. The van der Waals surface area contributed by atoms with Gasteiger partial charge in [0.1, 0.15) is 5.75 Å². The predicted octanol–water partition coefficient (Wildman–Crippen LogP) is 3.73. The molecule has 0 aliphatic carbocycles. The van der Waals surface area contributed by atoms with Crippen LogP contribution in [-0.4, -0.2) is 36.7 Å². The number of nitrogens with zero attached hydrogens (tertiary/aromatic N) is 1. The Bertz CT molecular complexity index is 1060. The molecule has 1 N–H and O–H groups in total. The number of fused-ring (bicyclic) bond motifs is 1. The van der Waals surface area contributed by atoms with E-state index in [1.165, 1.54) is 10.9 Å². The number of nitrogens with one attached hydrogen (secondary N) is 1. The van der Waals surface area contributed by atoms with Crippen molar-refractivity contribution in [3.05, 3.63) is 75.2 Å². The Hall–Kier alpha value is -2.63. The van der Waals surface area contributed by atoms with Crippen LogP contribution in [0.15, 0.2) is 47.4 Å². The lowest BCUT2D eigenvalue weighted by Crippen LogP contribution is -2.38. The van der Waals surface area contributed by atoms with Crippen LogP contribution in [0, 0.1) is 13.8 Å². The van der Waals surface area contributed by atoms with Crippen LogP contribution in [0.1, 0.15) is 28.5 Å². The van der Waals surface area contributed by atoms with Gasteiger partial charge >= 0.3 is 0 Å². The smallest absolute Gasteiger partial charge is 0.187 e. The SMILES string of the molecule is COc1ccc2cc(C3CN(Cc4[nH]cc(C)c(=O)c4C)CCO3)ccc2c1. The summed E-state index contributed by atoms with van der Waals surface area (Å²) in [7, 11) is 1.68. The summed E-state index contributed by atoms with van der Waals surface area (Å²) in [4.78, 5) is 17.9. The normalized spacial score (nSPS) is 17.8. The number of aromatic nitrogens is 1. The first-order valence-corrected chi connectivity index (χ1v) is 9.64. The maximum Gasteiger partial charge on any atom is 0.187 e. The number of rotatable bonds is 4. The van der Waals surface area contributed by atoms with E-state index >= 15 is 0 Å². The van der Waals surface area contributed by atoms with Crippen molar-refractivity contribution in [3.8, 4) is 5.75 Å². The first-order chi connectivity index (χ1) is 13.5. The lowest BCUT2D eigenvalue weighted by atomic mass is 10.0. The van der Waals surface area contributed by atoms with Crippen LogP contribution >= 0.6 is 0 Å². The van der Waals surface area contributed by atoms with Crippen LogP contribution in [0.4, 0.5) is 0 Å². The fourth-order valence-electron chi connectivity index (χ4n) is 3.81. The molecule has 146 valence electrons. The molecule has 1 aliphatic rings. The highest BCUT2D eigenvalue weighted by Gasteiger charge is 2.23. The largest absolute Gasteiger partial charge is 0.497 e. The molecule has 5 nitrogen and oxygen atoms in total. The minimum atomic E-state index is 0.0257. The second-order valence-electron chi connectivity index (χ2n) is 7.47. The summed E-state index contributed by atoms with van der Waals surface area (Å²) in [6, 6.07) is 12.6. The number of aryl methyl sites for hydroxylation is 1. The third kappa shape index (κ3) is 3.68. The minimum Gasteiger partial charge on any atom is -0.497 e. The number of pyridine rings is 1. The van der Waals surface area contributed by atoms with Crippen molar-refractivity contribution in [2.75, 3.05) is 26.8 Å². The molecule has 1 aromatic heterocycles. The van der Waals surface area contributed by atoms with E-state index < -0.39 is 0 Å². The molecule has 0 amide bonds. The summed E-state index contributed by atoms with van der Waals surface area (Å²) in [5.41, 5.74) is 3.86. The van der Waals surface area contributed by atoms with Crippen molar-refractivity contribution in [2.24, 2.45) is 0 Å². The molecule has 5 heteroatoms. The highest BCUT2D eigenvalue weighted by Crippen LogP contribution is 2.28. The zero-order chi connectivity index (χ0) is 19.7. The lowest BCUT2D eigenvalue weighted by Gasteiger charge is -2.33. The van der Waals surface area contributed by atoms with E-state index in [0.717, 1.165) is 47.6 Å². The van der Waals surface area contributed by atoms with E-state index in [-0.39, 0.29) is 11.5 Å². The molecular weight excluding hydrogens is 352 g/mol. The van der Waals surface area contributed by atoms with Crippen LogP contribution < -0.4 is 10.2 Å². The summed E-state index contributed by atoms with van der Waals surface area (Å²) in [6.45, 7) is 6.81. The molecule has 0 radical (unpaired) electrons. The Morgan fingerprint density at radius 3 is 2.79 bits per heavy atom. The molecule has 28 heavy (non-hydrogen) atoms. The number of benzene rings is 2.